The Kier molecular flexibility index (Phi) is 3.99. The average Bonchev–Trinajstić information content (AvgIpc) is 2.14. The number of halogens is 2. The van der Waals surface area contributed by atoms with E-state index in [9.17, 15) is 13.6 Å². The second-order valence-corrected chi connectivity index (χ2v) is 3.91. The number of rotatable bonds is 5. The first kappa shape index (κ1) is 12.6. The van der Waals surface area contributed by atoms with Gasteiger partial charge in [0.2, 0.25) is 5.92 Å². The molecule has 0 spiro atoms. The zero-order valence-corrected chi connectivity index (χ0v) is 9.04. The SMILES string of the molecule is CC(F)(F)Cc1ccccc1CCC(=O)O. The Bertz CT molecular complexity index is 370. The molecule has 0 unspecified atom stereocenters. The van der Waals surface area contributed by atoms with Gasteiger partial charge in [0.05, 0.1) is 0 Å². The molecule has 1 aromatic rings. The van der Waals surface area contributed by atoms with Crippen molar-refractivity contribution < 1.29 is 18.7 Å². The predicted molar refractivity (Wildman–Crippen MR) is 56.7 cm³/mol. The lowest BCUT2D eigenvalue weighted by Crippen LogP contribution is -2.15. The molecule has 0 aromatic heterocycles. The summed E-state index contributed by atoms with van der Waals surface area (Å²) in [5.41, 5.74) is 1.21. The monoisotopic (exact) mass is 228 g/mol. The van der Waals surface area contributed by atoms with Crippen molar-refractivity contribution in [2.45, 2.75) is 32.1 Å². The molecule has 4 heteroatoms. The van der Waals surface area contributed by atoms with Crippen molar-refractivity contribution >= 4 is 5.97 Å². The van der Waals surface area contributed by atoms with Gasteiger partial charge in [0, 0.05) is 12.8 Å². The van der Waals surface area contributed by atoms with Crippen LogP contribution in [-0.2, 0) is 17.6 Å². The van der Waals surface area contributed by atoms with Gasteiger partial charge in [-0.25, -0.2) is 8.78 Å². The quantitative estimate of drug-likeness (QED) is 0.841. The molecule has 0 saturated carbocycles. The Morgan fingerprint density at radius 2 is 1.88 bits per heavy atom. The smallest absolute Gasteiger partial charge is 0.303 e. The van der Waals surface area contributed by atoms with E-state index in [4.69, 9.17) is 5.11 Å². The van der Waals surface area contributed by atoms with E-state index in [1.54, 1.807) is 24.3 Å². The molecule has 16 heavy (non-hydrogen) atoms. The number of aryl methyl sites for hydroxylation is 1. The molecule has 88 valence electrons. The number of alkyl halides is 2. The number of aliphatic carboxylic acids is 1. The molecule has 0 heterocycles. The zero-order chi connectivity index (χ0) is 12.2. The second-order valence-electron chi connectivity index (χ2n) is 3.91. The van der Waals surface area contributed by atoms with Crippen LogP contribution in [0.2, 0.25) is 0 Å². The standard InChI is InChI=1S/C12H14F2O2/c1-12(13,14)8-10-5-3-2-4-9(10)6-7-11(15)16/h2-5H,6-8H2,1H3,(H,15,16). The fraction of sp³-hybridized carbons (Fsp3) is 0.417. The van der Waals surface area contributed by atoms with Crippen LogP contribution in [0.25, 0.3) is 0 Å². The Hall–Kier alpha value is -1.45. The summed E-state index contributed by atoms with van der Waals surface area (Å²) in [6.07, 6.45) is -0.0866. The maximum atomic E-state index is 12.9. The van der Waals surface area contributed by atoms with Gasteiger partial charge in [0.15, 0.2) is 0 Å². The minimum absolute atomic E-state index is 0.0354. The van der Waals surface area contributed by atoms with Crippen molar-refractivity contribution in [1.82, 2.24) is 0 Å². The summed E-state index contributed by atoms with van der Waals surface area (Å²) in [6.45, 7) is 0.862. The summed E-state index contributed by atoms with van der Waals surface area (Å²) >= 11 is 0. The molecule has 0 atom stereocenters. The van der Waals surface area contributed by atoms with Crippen molar-refractivity contribution in [3.8, 4) is 0 Å². The molecule has 1 rings (SSSR count). The largest absolute Gasteiger partial charge is 0.481 e. The number of carboxylic acids is 1. The maximum Gasteiger partial charge on any atom is 0.303 e. The molecule has 2 nitrogen and oxygen atoms in total. The van der Waals surface area contributed by atoms with Crippen molar-refractivity contribution in [2.24, 2.45) is 0 Å². The minimum Gasteiger partial charge on any atom is -0.481 e. The van der Waals surface area contributed by atoms with E-state index in [0.29, 0.717) is 17.5 Å². The number of hydrogen-bond acceptors (Lipinski definition) is 1. The third-order valence-electron chi connectivity index (χ3n) is 2.23. The summed E-state index contributed by atoms with van der Waals surface area (Å²) in [4.78, 5) is 10.4. The van der Waals surface area contributed by atoms with Crippen LogP contribution in [0.4, 0.5) is 8.78 Å². The maximum absolute atomic E-state index is 12.9. The van der Waals surface area contributed by atoms with Crippen molar-refractivity contribution in [1.29, 1.82) is 0 Å². The molecular formula is C12H14F2O2. The third kappa shape index (κ3) is 4.38. The average molecular weight is 228 g/mol. The first-order valence-corrected chi connectivity index (χ1v) is 5.05. The summed E-state index contributed by atoms with van der Waals surface area (Å²) in [5, 5.41) is 8.55. The summed E-state index contributed by atoms with van der Waals surface area (Å²) < 4.78 is 25.7. The van der Waals surface area contributed by atoms with E-state index < -0.39 is 11.9 Å². The van der Waals surface area contributed by atoms with Gasteiger partial charge < -0.3 is 5.11 Å². The predicted octanol–water partition coefficient (Wildman–Crippen LogP) is 2.90. The van der Waals surface area contributed by atoms with E-state index in [1.807, 2.05) is 0 Å². The van der Waals surface area contributed by atoms with Gasteiger partial charge in [-0.3, -0.25) is 4.79 Å². The molecule has 1 N–H and O–H groups in total. The lowest BCUT2D eigenvalue weighted by molar-refractivity contribution is -0.136. The molecule has 0 aliphatic heterocycles. The lowest BCUT2D eigenvalue weighted by Gasteiger charge is -2.13. The first-order chi connectivity index (χ1) is 7.38. The van der Waals surface area contributed by atoms with Crippen LogP contribution in [0.5, 0.6) is 0 Å². The molecule has 0 amide bonds. The summed E-state index contributed by atoms with van der Waals surface area (Å²) in [7, 11) is 0. The van der Waals surface area contributed by atoms with Gasteiger partial charge in [-0.2, -0.15) is 0 Å². The van der Waals surface area contributed by atoms with Gasteiger partial charge in [-0.1, -0.05) is 24.3 Å². The van der Waals surface area contributed by atoms with E-state index >= 15 is 0 Å². The molecular weight excluding hydrogens is 214 g/mol. The molecule has 1 aromatic carbocycles. The van der Waals surface area contributed by atoms with Crippen LogP contribution in [0.3, 0.4) is 0 Å². The van der Waals surface area contributed by atoms with Crippen molar-refractivity contribution in [2.75, 3.05) is 0 Å². The third-order valence-corrected chi connectivity index (χ3v) is 2.23. The lowest BCUT2D eigenvalue weighted by atomic mass is 9.98. The van der Waals surface area contributed by atoms with Crippen LogP contribution >= 0.6 is 0 Å². The minimum atomic E-state index is -2.76. The molecule has 0 aliphatic carbocycles. The van der Waals surface area contributed by atoms with Gasteiger partial charge in [-0.05, 0) is 24.5 Å². The molecule has 0 fully saturated rings. The highest BCUT2D eigenvalue weighted by Gasteiger charge is 2.22. The first-order valence-electron chi connectivity index (χ1n) is 5.05. The van der Waals surface area contributed by atoms with E-state index in [1.165, 1.54) is 0 Å². The Labute approximate surface area is 92.9 Å². The van der Waals surface area contributed by atoms with E-state index in [-0.39, 0.29) is 12.8 Å². The van der Waals surface area contributed by atoms with E-state index in [0.717, 1.165) is 6.92 Å². The Balaban J connectivity index is 2.79. The van der Waals surface area contributed by atoms with Gasteiger partial charge in [-0.15, -0.1) is 0 Å². The molecule has 0 aliphatic rings. The molecule has 0 bridgehead atoms. The van der Waals surface area contributed by atoms with Crippen LogP contribution < -0.4 is 0 Å². The fourth-order valence-corrected chi connectivity index (χ4v) is 1.55. The molecule has 0 saturated heterocycles. The van der Waals surface area contributed by atoms with Gasteiger partial charge in [0.25, 0.3) is 0 Å². The number of carbonyl (C=O) groups is 1. The van der Waals surface area contributed by atoms with Crippen LogP contribution in [-0.4, -0.2) is 17.0 Å². The van der Waals surface area contributed by atoms with Crippen molar-refractivity contribution in [3.63, 3.8) is 0 Å². The number of carboxylic acid groups (broad SMARTS) is 1. The summed E-state index contributed by atoms with van der Waals surface area (Å²) in [5.74, 6) is -3.68. The molecule has 0 radical (unpaired) electrons. The van der Waals surface area contributed by atoms with Crippen LogP contribution in [0.1, 0.15) is 24.5 Å². The Morgan fingerprint density at radius 1 is 1.31 bits per heavy atom. The number of benzene rings is 1. The summed E-state index contributed by atoms with van der Waals surface area (Å²) in [6, 6.07) is 6.73. The highest BCUT2D eigenvalue weighted by atomic mass is 19.3. The highest BCUT2D eigenvalue weighted by molar-refractivity contribution is 5.67. The van der Waals surface area contributed by atoms with Crippen molar-refractivity contribution in [3.05, 3.63) is 35.4 Å². The normalized spacial score (nSPS) is 11.4. The van der Waals surface area contributed by atoms with Gasteiger partial charge >= 0.3 is 5.97 Å². The zero-order valence-electron chi connectivity index (χ0n) is 9.04. The topological polar surface area (TPSA) is 37.3 Å². The Morgan fingerprint density at radius 3 is 2.38 bits per heavy atom. The van der Waals surface area contributed by atoms with Gasteiger partial charge in [0.1, 0.15) is 0 Å². The number of hydrogen-bond donors (Lipinski definition) is 1. The second kappa shape index (κ2) is 5.05. The highest BCUT2D eigenvalue weighted by Crippen LogP contribution is 2.22. The van der Waals surface area contributed by atoms with Crippen LogP contribution in [0.15, 0.2) is 24.3 Å². The fourth-order valence-electron chi connectivity index (χ4n) is 1.55. The van der Waals surface area contributed by atoms with E-state index in [2.05, 4.69) is 0 Å². The van der Waals surface area contributed by atoms with Crippen LogP contribution in [0, 0.1) is 0 Å².